The van der Waals surface area contributed by atoms with Crippen LogP contribution in [0.5, 0.6) is 0 Å². The second-order valence-electron chi connectivity index (χ2n) is 8.24. The molecule has 0 bridgehead atoms. The standard InChI is InChI=1S/C29H23ClN2O2/c30-25-18-10-7-15-22(25)19-31-28(33)27-23-16-8-9-17-24(23)29(34)32(27)26(20-11-3-1-4-12-20)21-13-5-2-6-14-21/h1-18,26-27H,19H2,(H,31,33). The van der Waals surface area contributed by atoms with Gasteiger partial charge < -0.3 is 10.2 Å². The van der Waals surface area contributed by atoms with Gasteiger partial charge in [-0.25, -0.2) is 0 Å². The normalized spacial score (nSPS) is 14.8. The number of nitrogens with one attached hydrogen (secondary N) is 1. The van der Waals surface area contributed by atoms with Crippen molar-refractivity contribution in [2.45, 2.75) is 18.6 Å². The summed E-state index contributed by atoms with van der Waals surface area (Å²) in [5.74, 6) is -0.402. The van der Waals surface area contributed by atoms with Crippen LogP contribution in [0.15, 0.2) is 109 Å². The van der Waals surface area contributed by atoms with Crippen LogP contribution in [-0.4, -0.2) is 16.7 Å². The summed E-state index contributed by atoms with van der Waals surface area (Å²) in [6.07, 6.45) is 0. The van der Waals surface area contributed by atoms with Crippen LogP contribution in [0, 0.1) is 0 Å². The molecule has 0 saturated heterocycles. The van der Waals surface area contributed by atoms with E-state index >= 15 is 0 Å². The summed E-state index contributed by atoms with van der Waals surface area (Å²) in [4.78, 5) is 29.1. The highest BCUT2D eigenvalue weighted by Crippen LogP contribution is 2.42. The van der Waals surface area contributed by atoms with E-state index in [1.54, 1.807) is 17.0 Å². The minimum Gasteiger partial charge on any atom is -0.350 e. The predicted octanol–water partition coefficient (Wildman–Crippen LogP) is 5.94. The van der Waals surface area contributed by atoms with Crippen LogP contribution < -0.4 is 5.32 Å². The maximum Gasteiger partial charge on any atom is 0.255 e. The van der Waals surface area contributed by atoms with Gasteiger partial charge in [0, 0.05) is 17.1 Å². The molecule has 1 aliphatic rings. The largest absolute Gasteiger partial charge is 0.350 e. The number of benzene rings is 4. The molecule has 34 heavy (non-hydrogen) atoms. The number of halogens is 1. The van der Waals surface area contributed by atoms with Gasteiger partial charge in [0.25, 0.3) is 5.91 Å². The summed E-state index contributed by atoms with van der Waals surface area (Å²) in [5.41, 5.74) is 3.97. The molecule has 0 saturated carbocycles. The second-order valence-corrected chi connectivity index (χ2v) is 8.64. The van der Waals surface area contributed by atoms with E-state index in [0.717, 1.165) is 16.7 Å². The first-order valence-electron chi connectivity index (χ1n) is 11.2. The Morgan fingerprint density at radius 3 is 2.00 bits per heavy atom. The van der Waals surface area contributed by atoms with Gasteiger partial charge >= 0.3 is 0 Å². The summed E-state index contributed by atoms with van der Waals surface area (Å²) in [7, 11) is 0. The first-order valence-corrected chi connectivity index (χ1v) is 11.6. The summed E-state index contributed by atoms with van der Waals surface area (Å²) in [5, 5.41) is 3.61. The van der Waals surface area contributed by atoms with Gasteiger partial charge in [-0.2, -0.15) is 0 Å². The highest BCUT2D eigenvalue weighted by Gasteiger charge is 2.45. The smallest absolute Gasteiger partial charge is 0.255 e. The fraction of sp³-hybridized carbons (Fsp3) is 0.103. The van der Waals surface area contributed by atoms with Crippen LogP contribution in [0.3, 0.4) is 0 Å². The molecule has 1 unspecified atom stereocenters. The maximum absolute atomic E-state index is 13.8. The summed E-state index contributed by atoms with van der Waals surface area (Å²) in [6.45, 7) is 0.278. The van der Waals surface area contributed by atoms with Crippen molar-refractivity contribution in [2.24, 2.45) is 0 Å². The average Bonchev–Trinajstić information content (AvgIpc) is 3.17. The zero-order valence-electron chi connectivity index (χ0n) is 18.4. The lowest BCUT2D eigenvalue weighted by atomic mass is 9.95. The van der Waals surface area contributed by atoms with Crippen LogP contribution in [0.1, 0.15) is 44.7 Å². The molecule has 0 radical (unpaired) electrons. The highest BCUT2D eigenvalue weighted by atomic mass is 35.5. The van der Waals surface area contributed by atoms with E-state index in [1.165, 1.54) is 0 Å². The van der Waals surface area contributed by atoms with E-state index in [9.17, 15) is 9.59 Å². The average molecular weight is 467 g/mol. The third kappa shape index (κ3) is 4.09. The van der Waals surface area contributed by atoms with Crippen LogP contribution in [0.4, 0.5) is 0 Å². The van der Waals surface area contributed by atoms with Crippen molar-refractivity contribution in [3.05, 3.63) is 142 Å². The second kappa shape index (κ2) is 9.54. The van der Waals surface area contributed by atoms with Gasteiger partial charge in [0.2, 0.25) is 5.91 Å². The molecule has 4 aromatic rings. The van der Waals surface area contributed by atoms with Crippen LogP contribution in [0.2, 0.25) is 5.02 Å². The molecule has 168 valence electrons. The number of carbonyl (C=O) groups excluding carboxylic acids is 2. The maximum atomic E-state index is 13.8. The van der Waals surface area contributed by atoms with E-state index in [-0.39, 0.29) is 18.4 Å². The SMILES string of the molecule is O=C(NCc1ccccc1Cl)C1c2ccccc2C(=O)N1C(c1ccccc1)c1ccccc1. The van der Waals surface area contributed by atoms with E-state index < -0.39 is 12.1 Å². The Labute approximate surface area is 203 Å². The van der Waals surface area contributed by atoms with Gasteiger partial charge in [0.1, 0.15) is 6.04 Å². The van der Waals surface area contributed by atoms with E-state index in [0.29, 0.717) is 16.1 Å². The first-order chi connectivity index (χ1) is 16.6. The lowest BCUT2D eigenvalue weighted by Crippen LogP contribution is -2.41. The van der Waals surface area contributed by atoms with Crippen LogP contribution >= 0.6 is 11.6 Å². The zero-order valence-corrected chi connectivity index (χ0v) is 19.2. The van der Waals surface area contributed by atoms with Crippen LogP contribution in [0.25, 0.3) is 0 Å². The van der Waals surface area contributed by atoms with Crippen molar-refractivity contribution in [1.29, 1.82) is 0 Å². The molecule has 4 aromatic carbocycles. The van der Waals surface area contributed by atoms with Crippen LogP contribution in [-0.2, 0) is 11.3 Å². The lowest BCUT2D eigenvalue weighted by Gasteiger charge is -2.33. The Hall–Kier alpha value is -3.89. The molecular weight excluding hydrogens is 444 g/mol. The number of rotatable bonds is 6. The fourth-order valence-corrected chi connectivity index (χ4v) is 4.78. The summed E-state index contributed by atoms with van der Waals surface area (Å²) < 4.78 is 0. The number of carbonyl (C=O) groups is 2. The number of fused-ring (bicyclic) bond motifs is 1. The molecule has 0 aromatic heterocycles. The van der Waals surface area contributed by atoms with Gasteiger partial charge in [-0.3, -0.25) is 9.59 Å². The molecule has 1 N–H and O–H groups in total. The van der Waals surface area contributed by atoms with E-state index in [4.69, 9.17) is 11.6 Å². The fourth-order valence-electron chi connectivity index (χ4n) is 4.58. The van der Waals surface area contributed by atoms with Crippen molar-refractivity contribution in [3.8, 4) is 0 Å². The zero-order chi connectivity index (χ0) is 23.5. The molecule has 1 heterocycles. The van der Waals surface area contributed by atoms with Gasteiger partial charge in [0.15, 0.2) is 0 Å². The Balaban J connectivity index is 1.57. The van der Waals surface area contributed by atoms with Gasteiger partial charge in [0.05, 0.1) is 6.04 Å². The third-order valence-electron chi connectivity index (χ3n) is 6.17. The minimum atomic E-state index is -0.767. The van der Waals surface area contributed by atoms with E-state index in [2.05, 4.69) is 5.32 Å². The summed E-state index contributed by atoms with van der Waals surface area (Å²) in [6, 6.07) is 33.2. The Bertz CT molecular complexity index is 1280. The molecule has 0 spiro atoms. The number of hydrogen-bond donors (Lipinski definition) is 1. The molecule has 5 heteroatoms. The topological polar surface area (TPSA) is 49.4 Å². The Morgan fingerprint density at radius 2 is 1.35 bits per heavy atom. The highest BCUT2D eigenvalue weighted by molar-refractivity contribution is 6.31. The molecule has 2 amide bonds. The molecule has 1 atom stereocenters. The van der Waals surface area contributed by atoms with Gasteiger partial charge in [-0.15, -0.1) is 0 Å². The molecule has 4 nitrogen and oxygen atoms in total. The molecular formula is C29H23ClN2O2. The molecule has 0 fully saturated rings. The van der Waals surface area contributed by atoms with Gasteiger partial charge in [-0.05, 0) is 34.4 Å². The molecule has 1 aliphatic heterocycles. The molecule has 5 rings (SSSR count). The third-order valence-corrected chi connectivity index (χ3v) is 6.54. The van der Waals surface area contributed by atoms with Crippen molar-refractivity contribution in [1.82, 2.24) is 10.2 Å². The number of amides is 2. The number of nitrogens with zero attached hydrogens (tertiary/aromatic N) is 1. The van der Waals surface area contributed by atoms with Crippen molar-refractivity contribution in [2.75, 3.05) is 0 Å². The lowest BCUT2D eigenvalue weighted by molar-refractivity contribution is -0.126. The van der Waals surface area contributed by atoms with Crippen molar-refractivity contribution < 1.29 is 9.59 Å². The van der Waals surface area contributed by atoms with Crippen molar-refractivity contribution >= 4 is 23.4 Å². The van der Waals surface area contributed by atoms with E-state index in [1.807, 2.05) is 97.1 Å². The number of hydrogen-bond acceptors (Lipinski definition) is 2. The van der Waals surface area contributed by atoms with Crippen molar-refractivity contribution in [3.63, 3.8) is 0 Å². The first kappa shape index (κ1) is 21.9. The molecule has 0 aliphatic carbocycles. The predicted molar refractivity (Wildman–Crippen MR) is 133 cm³/mol. The summed E-state index contributed by atoms with van der Waals surface area (Å²) >= 11 is 6.29. The monoisotopic (exact) mass is 466 g/mol. The minimum absolute atomic E-state index is 0.161. The Kier molecular flexibility index (Phi) is 6.15. The van der Waals surface area contributed by atoms with Gasteiger partial charge in [-0.1, -0.05) is 109 Å². The Morgan fingerprint density at radius 1 is 0.794 bits per heavy atom. The quantitative estimate of drug-likeness (QED) is 0.382.